The molecule has 0 bridgehead atoms. The van der Waals surface area contributed by atoms with Crippen molar-refractivity contribution in [1.29, 1.82) is 0 Å². The van der Waals surface area contributed by atoms with Crippen LogP contribution in [-0.4, -0.2) is 19.1 Å². The Morgan fingerprint density at radius 3 is 2.88 bits per heavy atom. The third kappa shape index (κ3) is 4.43. The summed E-state index contributed by atoms with van der Waals surface area (Å²) >= 11 is 3.55. The van der Waals surface area contributed by atoms with Crippen LogP contribution in [0.2, 0.25) is 0 Å². The molecular formula is C21H24BrNO2. The molecule has 1 heterocycles. The summed E-state index contributed by atoms with van der Waals surface area (Å²) in [5, 5.41) is 0. The Morgan fingerprint density at radius 1 is 1.24 bits per heavy atom. The molecule has 0 radical (unpaired) electrons. The van der Waals surface area contributed by atoms with E-state index in [-0.39, 0.29) is 5.91 Å². The summed E-state index contributed by atoms with van der Waals surface area (Å²) in [5.74, 6) is 1.03. The maximum Gasteiger partial charge on any atom is 0.227 e. The molecule has 132 valence electrons. The van der Waals surface area contributed by atoms with Gasteiger partial charge in [-0.3, -0.25) is 4.79 Å². The number of benzene rings is 2. The molecule has 3 rings (SSSR count). The van der Waals surface area contributed by atoms with Gasteiger partial charge in [-0.05, 0) is 70.9 Å². The van der Waals surface area contributed by atoms with Crippen LogP contribution in [0.3, 0.4) is 0 Å². The van der Waals surface area contributed by atoms with Crippen molar-refractivity contribution in [2.75, 3.05) is 18.1 Å². The minimum Gasteiger partial charge on any atom is -0.492 e. The first kappa shape index (κ1) is 18.0. The fourth-order valence-corrected chi connectivity index (χ4v) is 3.76. The first-order valence-corrected chi connectivity index (χ1v) is 9.78. The summed E-state index contributed by atoms with van der Waals surface area (Å²) in [6, 6.07) is 14.4. The van der Waals surface area contributed by atoms with Crippen LogP contribution in [0.25, 0.3) is 0 Å². The van der Waals surface area contributed by atoms with E-state index in [0.717, 1.165) is 48.1 Å². The molecule has 0 unspecified atom stereocenters. The van der Waals surface area contributed by atoms with Gasteiger partial charge in [0.05, 0.1) is 11.1 Å². The van der Waals surface area contributed by atoms with Crippen molar-refractivity contribution in [3.8, 4) is 5.75 Å². The molecule has 0 fully saturated rings. The van der Waals surface area contributed by atoms with Crippen LogP contribution in [0.1, 0.15) is 37.3 Å². The highest BCUT2D eigenvalue weighted by Crippen LogP contribution is 2.28. The number of hydrogen-bond acceptors (Lipinski definition) is 2. The summed E-state index contributed by atoms with van der Waals surface area (Å²) in [6.45, 7) is 3.50. The maximum atomic E-state index is 12.6. The van der Waals surface area contributed by atoms with Gasteiger partial charge in [-0.25, -0.2) is 0 Å². The molecule has 2 aromatic carbocycles. The molecule has 25 heavy (non-hydrogen) atoms. The van der Waals surface area contributed by atoms with Crippen molar-refractivity contribution in [2.45, 2.75) is 39.0 Å². The van der Waals surface area contributed by atoms with Gasteiger partial charge in [-0.15, -0.1) is 0 Å². The summed E-state index contributed by atoms with van der Waals surface area (Å²) in [4.78, 5) is 14.5. The monoisotopic (exact) mass is 401 g/mol. The van der Waals surface area contributed by atoms with Crippen LogP contribution < -0.4 is 9.64 Å². The third-order valence-electron chi connectivity index (χ3n) is 4.61. The lowest BCUT2D eigenvalue weighted by Crippen LogP contribution is -2.35. The summed E-state index contributed by atoms with van der Waals surface area (Å²) < 4.78 is 6.80. The Balaban J connectivity index is 1.51. The van der Waals surface area contributed by atoms with Gasteiger partial charge >= 0.3 is 0 Å². The zero-order valence-corrected chi connectivity index (χ0v) is 16.2. The normalized spacial score (nSPS) is 13.4. The Labute approximate surface area is 158 Å². The quantitative estimate of drug-likeness (QED) is 0.626. The largest absolute Gasteiger partial charge is 0.492 e. The zero-order chi connectivity index (χ0) is 17.6. The number of para-hydroxylation sites is 1. The van der Waals surface area contributed by atoms with E-state index in [1.54, 1.807) is 0 Å². The fourth-order valence-electron chi connectivity index (χ4n) is 3.21. The van der Waals surface area contributed by atoms with Crippen molar-refractivity contribution in [3.05, 3.63) is 58.1 Å². The van der Waals surface area contributed by atoms with E-state index in [1.165, 1.54) is 11.1 Å². The van der Waals surface area contributed by atoms with Crippen molar-refractivity contribution in [2.24, 2.45) is 0 Å². The number of nitrogens with zero attached hydrogens (tertiary/aromatic N) is 1. The highest BCUT2D eigenvalue weighted by Gasteiger charge is 2.21. The van der Waals surface area contributed by atoms with Gasteiger partial charge in [0.25, 0.3) is 0 Å². The fraction of sp³-hybridized carbons (Fsp3) is 0.381. The minimum absolute atomic E-state index is 0.191. The number of halogens is 1. The molecule has 2 aromatic rings. The number of carbonyl (C=O) groups is 1. The van der Waals surface area contributed by atoms with E-state index in [0.29, 0.717) is 13.0 Å². The van der Waals surface area contributed by atoms with Crippen molar-refractivity contribution in [1.82, 2.24) is 0 Å². The van der Waals surface area contributed by atoms with E-state index in [9.17, 15) is 4.79 Å². The van der Waals surface area contributed by atoms with Gasteiger partial charge in [0.15, 0.2) is 0 Å². The van der Waals surface area contributed by atoms with Crippen molar-refractivity contribution >= 4 is 27.5 Å². The molecule has 3 nitrogen and oxygen atoms in total. The van der Waals surface area contributed by atoms with E-state index < -0.39 is 0 Å². The van der Waals surface area contributed by atoms with Crippen molar-refractivity contribution < 1.29 is 9.53 Å². The van der Waals surface area contributed by atoms with Gasteiger partial charge in [0, 0.05) is 18.7 Å². The molecule has 0 N–H and O–H groups in total. The lowest BCUT2D eigenvalue weighted by Gasteiger charge is -2.29. The first-order valence-electron chi connectivity index (χ1n) is 8.98. The first-order chi connectivity index (χ1) is 12.2. The number of anilines is 1. The molecule has 1 aliphatic heterocycles. The smallest absolute Gasteiger partial charge is 0.227 e. The molecule has 1 amide bonds. The second-order valence-corrected chi connectivity index (χ2v) is 7.20. The lowest BCUT2D eigenvalue weighted by atomic mass is 10.0. The summed E-state index contributed by atoms with van der Waals surface area (Å²) in [6.07, 6.45) is 4.34. The molecule has 0 atom stereocenters. The molecule has 0 saturated carbocycles. The van der Waals surface area contributed by atoms with Gasteiger partial charge < -0.3 is 9.64 Å². The summed E-state index contributed by atoms with van der Waals surface area (Å²) in [7, 11) is 0. The van der Waals surface area contributed by atoms with Gasteiger partial charge in [0.1, 0.15) is 5.75 Å². The highest BCUT2D eigenvalue weighted by atomic mass is 79.9. The maximum absolute atomic E-state index is 12.6. The van der Waals surface area contributed by atoms with Gasteiger partial charge in [0.2, 0.25) is 5.91 Å². The second kappa shape index (κ2) is 8.52. The molecule has 0 saturated heterocycles. The topological polar surface area (TPSA) is 29.5 Å². The summed E-state index contributed by atoms with van der Waals surface area (Å²) in [5.41, 5.74) is 3.63. The van der Waals surface area contributed by atoms with E-state index >= 15 is 0 Å². The standard InChI is InChI=1S/C21H24BrNO2/c1-2-16-11-12-20(18(22)15-16)25-14-6-10-21(24)23-13-5-8-17-7-3-4-9-19(17)23/h3-4,7,9,11-12,15H,2,5-6,8,10,13-14H2,1H3. The predicted molar refractivity (Wildman–Crippen MR) is 105 cm³/mol. The lowest BCUT2D eigenvalue weighted by molar-refractivity contribution is -0.118. The number of fused-ring (bicyclic) bond motifs is 1. The molecule has 0 aliphatic carbocycles. The number of ether oxygens (including phenoxy) is 1. The predicted octanol–water partition coefficient (Wildman–Crippen LogP) is 5.15. The highest BCUT2D eigenvalue weighted by molar-refractivity contribution is 9.10. The van der Waals surface area contributed by atoms with Crippen LogP contribution in [0.15, 0.2) is 46.9 Å². The Kier molecular flexibility index (Phi) is 6.14. The molecule has 0 spiro atoms. The van der Waals surface area contributed by atoms with Crippen LogP contribution in [0.5, 0.6) is 5.75 Å². The molecular weight excluding hydrogens is 378 g/mol. The van der Waals surface area contributed by atoms with Crippen LogP contribution in [0, 0.1) is 0 Å². The van der Waals surface area contributed by atoms with E-state index in [1.807, 2.05) is 23.1 Å². The Morgan fingerprint density at radius 2 is 2.08 bits per heavy atom. The molecule has 0 aromatic heterocycles. The van der Waals surface area contributed by atoms with Gasteiger partial charge in [-0.1, -0.05) is 31.2 Å². The number of hydrogen-bond donors (Lipinski definition) is 0. The van der Waals surface area contributed by atoms with Crippen LogP contribution in [-0.2, 0) is 17.6 Å². The number of aryl methyl sites for hydroxylation is 2. The number of amides is 1. The molecule has 4 heteroatoms. The van der Waals surface area contributed by atoms with E-state index in [2.05, 4.69) is 47.1 Å². The molecule has 1 aliphatic rings. The number of rotatable bonds is 6. The zero-order valence-electron chi connectivity index (χ0n) is 14.6. The second-order valence-electron chi connectivity index (χ2n) is 6.35. The third-order valence-corrected chi connectivity index (χ3v) is 5.23. The minimum atomic E-state index is 0.191. The average Bonchev–Trinajstić information content (AvgIpc) is 2.65. The van der Waals surface area contributed by atoms with E-state index in [4.69, 9.17) is 4.74 Å². The Bertz CT molecular complexity index is 744. The SMILES string of the molecule is CCc1ccc(OCCCC(=O)N2CCCc3ccccc32)c(Br)c1. The van der Waals surface area contributed by atoms with Gasteiger partial charge in [-0.2, -0.15) is 0 Å². The van der Waals surface area contributed by atoms with Crippen LogP contribution in [0.4, 0.5) is 5.69 Å². The van der Waals surface area contributed by atoms with Crippen LogP contribution >= 0.6 is 15.9 Å². The Hall–Kier alpha value is -1.81. The number of carbonyl (C=O) groups excluding carboxylic acids is 1. The average molecular weight is 402 g/mol. The van der Waals surface area contributed by atoms with Crippen molar-refractivity contribution in [3.63, 3.8) is 0 Å².